The molecule has 6 aromatic rings. The Morgan fingerprint density at radius 1 is 0.368 bits per heavy atom. The first-order chi connectivity index (χ1) is 46.6. The smallest absolute Gasteiger partial charge is 0.305 e. The van der Waals surface area contributed by atoms with Gasteiger partial charge in [0.2, 0.25) is 0 Å². The van der Waals surface area contributed by atoms with Gasteiger partial charge in [0.25, 0.3) is 0 Å². The number of esters is 1. The molecule has 11 nitrogen and oxygen atoms in total. The van der Waals surface area contributed by atoms with Crippen molar-refractivity contribution >= 4 is 51.9 Å². The Balaban J connectivity index is 0.619. The van der Waals surface area contributed by atoms with Gasteiger partial charge in [-0.1, -0.05) is 286 Å². The first-order valence-electron chi connectivity index (χ1n) is 37.1. The molecule has 8 rings (SSSR count). The molecule has 0 bridgehead atoms. The first kappa shape index (κ1) is 73.4. The third kappa shape index (κ3) is 22.9. The van der Waals surface area contributed by atoms with E-state index in [1.54, 1.807) is 60.7 Å². The Morgan fingerprint density at radius 3 is 1.12 bits per heavy atom. The fraction of sp³-hybridized carbons (Fsp3) is 0.512. The molecule has 0 fully saturated rings. The average Bonchev–Trinajstić information content (AvgIpc) is 0.756. The number of nitrogens with one attached hydrogen (secondary N) is 2. The lowest BCUT2D eigenvalue weighted by atomic mass is 9.78. The predicted octanol–water partition coefficient (Wildman–Crippen LogP) is 22.0. The van der Waals surface area contributed by atoms with Crippen molar-refractivity contribution in [2.24, 2.45) is 11.8 Å². The van der Waals surface area contributed by atoms with Crippen LogP contribution in [0.25, 0.3) is 0 Å². The van der Waals surface area contributed by atoms with Gasteiger partial charge in [-0.05, 0) is 90.8 Å². The van der Waals surface area contributed by atoms with Crippen LogP contribution in [0.3, 0.4) is 0 Å². The number of hydrogen-bond acceptors (Lipinski definition) is 11. The van der Waals surface area contributed by atoms with E-state index >= 15 is 0 Å². The minimum Gasteiger partial charge on any atom is -0.507 e. The summed E-state index contributed by atoms with van der Waals surface area (Å²) < 4.78 is 11.7. The molecule has 0 heterocycles. The average molecular weight is 1290 g/mol. The summed E-state index contributed by atoms with van der Waals surface area (Å²) in [5.74, 6) is -0.0649. The zero-order chi connectivity index (χ0) is 66.8. The van der Waals surface area contributed by atoms with Gasteiger partial charge in [0, 0.05) is 53.1 Å². The molecule has 95 heavy (non-hydrogen) atoms. The van der Waals surface area contributed by atoms with E-state index in [0.717, 1.165) is 73.0 Å². The molecule has 0 saturated heterocycles. The maximum absolute atomic E-state index is 13.5. The van der Waals surface area contributed by atoms with Crippen LogP contribution in [0.5, 0.6) is 11.5 Å². The highest BCUT2D eigenvalue weighted by atomic mass is 16.5. The van der Waals surface area contributed by atoms with Crippen LogP contribution < -0.4 is 10.6 Å². The van der Waals surface area contributed by atoms with Gasteiger partial charge < -0.3 is 30.3 Å². The summed E-state index contributed by atoms with van der Waals surface area (Å²) in [5, 5.41) is 27.9. The van der Waals surface area contributed by atoms with Gasteiger partial charge in [-0.25, -0.2) is 0 Å². The minimum atomic E-state index is -0.374. The van der Waals surface area contributed by atoms with Crippen LogP contribution in [-0.4, -0.2) is 59.1 Å². The number of aromatic hydroxyl groups is 2. The van der Waals surface area contributed by atoms with Crippen LogP contribution in [0.2, 0.25) is 0 Å². The largest absolute Gasteiger partial charge is 0.507 e. The molecule has 4 N–H and O–H groups in total. The Kier molecular flexibility index (Phi) is 31.6. The van der Waals surface area contributed by atoms with Gasteiger partial charge in [0.05, 0.1) is 46.8 Å². The summed E-state index contributed by atoms with van der Waals surface area (Å²) in [7, 11) is 0. The van der Waals surface area contributed by atoms with Gasteiger partial charge in [-0.3, -0.25) is 24.0 Å². The first-order valence-corrected chi connectivity index (χ1v) is 37.1. The number of phenols is 2. The lowest BCUT2D eigenvalue weighted by molar-refractivity contribution is -0.143. The number of benzene rings is 6. The normalized spacial score (nSPS) is 13.1. The highest BCUT2D eigenvalue weighted by molar-refractivity contribution is 6.32. The monoisotopic (exact) mass is 1290 g/mol. The number of carbonyl (C=O) groups is 5. The van der Waals surface area contributed by atoms with E-state index in [9.17, 15) is 34.2 Å². The van der Waals surface area contributed by atoms with Crippen molar-refractivity contribution in [1.82, 2.24) is 0 Å². The van der Waals surface area contributed by atoms with Gasteiger partial charge in [0.15, 0.2) is 23.1 Å². The molecule has 510 valence electrons. The molecule has 0 aromatic heterocycles. The van der Waals surface area contributed by atoms with Crippen molar-refractivity contribution in [2.45, 2.75) is 245 Å². The number of hydrogen-bond donors (Lipinski definition) is 4. The van der Waals surface area contributed by atoms with E-state index < -0.39 is 0 Å². The summed E-state index contributed by atoms with van der Waals surface area (Å²) in [6.45, 7) is 6.38. The van der Waals surface area contributed by atoms with Crippen LogP contribution in [0.15, 0.2) is 121 Å². The molecule has 0 saturated carbocycles. The Morgan fingerprint density at radius 2 is 0.716 bits per heavy atom. The van der Waals surface area contributed by atoms with Crippen molar-refractivity contribution < 1.29 is 43.7 Å². The summed E-state index contributed by atoms with van der Waals surface area (Å²) in [6, 6.07) is 35.4. The standard InChI is InChI=1S/C84H110N2O9/c1-3-5-7-26-40-64(42-28-22-18-14-10-9-11-16-20-24-30-50-76(89)95-59-56-63-39-37-45-67(61-63)86-73-52-54-75(88)80-78(73)82(91)69-47-32-34-49-71(69)84(80)93)65(41-27-8-6-4-2)43-29-23-19-15-12-13-17-21-25-35-57-94-58-55-62-38-36-44-66(60-62)85-72-51-53-74(87)79-77(72)81(90)68-46-31-33-48-70(68)83(79)92/h31-34,36-39,44-49,51-54,60-61,64-65,85-88H,3-30,35,40-43,50,55-59H2,1-2H3. The molecule has 6 aromatic carbocycles. The Labute approximate surface area is 568 Å². The van der Waals surface area contributed by atoms with Crippen LogP contribution in [0.1, 0.15) is 307 Å². The summed E-state index contributed by atoms with van der Waals surface area (Å²) in [4.78, 5) is 66.3. The Bertz CT molecular complexity index is 3380. The summed E-state index contributed by atoms with van der Waals surface area (Å²) in [5.41, 5.74) is 6.28. The number of fused-ring (bicyclic) bond motifs is 4. The second-order valence-electron chi connectivity index (χ2n) is 27.1. The number of unbranched alkanes of at least 4 members (excludes halogenated alkanes) is 25. The maximum Gasteiger partial charge on any atom is 0.305 e. The maximum atomic E-state index is 13.5. The Hall–Kier alpha value is -7.37. The zero-order valence-corrected chi connectivity index (χ0v) is 57.5. The number of ether oxygens (including phenoxy) is 2. The van der Waals surface area contributed by atoms with E-state index in [-0.39, 0.29) is 69.5 Å². The van der Waals surface area contributed by atoms with E-state index in [2.05, 4.69) is 36.6 Å². The van der Waals surface area contributed by atoms with Gasteiger partial charge >= 0.3 is 5.97 Å². The molecule has 2 aliphatic rings. The predicted molar refractivity (Wildman–Crippen MR) is 387 cm³/mol. The highest BCUT2D eigenvalue weighted by Gasteiger charge is 2.36. The summed E-state index contributed by atoms with van der Waals surface area (Å²) >= 11 is 0. The van der Waals surface area contributed by atoms with Crippen LogP contribution in [-0.2, 0) is 27.1 Å². The van der Waals surface area contributed by atoms with Crippen molar-refractivity contribution in [3.05, 3.63) is 177 Å². The number of rotatable bonds is 48. The molecule has 2 atom stereocenters. The molecule has 0 amide bonds. The van der Waals surface area contributed by atoms with E-state index in [1.807, 2.05) is 36.4 Å². The second kappa shape index (κ2) is 40.9. The number of carbonyl (C=O) groups excluding carboxylic acids is 5. The van der Waals surface area contributed by atoms with Crippen LogP contribution in [0.4, 0.5) is 22.7 Å². The summed E-state index contributed by atoms with van der Waals surface area (Å²) in [6.07, 6.45) is 45.3. The van der Waals surface area contributed by atoms with Gasteiger partial charge in [0.1, 0.15) is 11.5 Å². The molecule has 0 aliphatic heterocycles. The van der Waals surface area contributed by atoms with Crippen molar-refractivity contribution in [3.8, 4) is 11.5 Å². The molecule has 11 heteroatoms. The minimum absolute atomic E-state index is 0.0144. The van der Waals surface area contributed by atoms with Crippen molar-refractivity contribution in [2.75, 3.05) is 30.5 Å². The van der Waals surface area contributed by atoms with Crippen molar-refractivity contribution in [3.63, 3.8) is 0 Å². The third-order valence-corrected chi connectivity index (χ3v) is 19.8. The number of anilines is 4. The SMILES string of the molecule is CCCCCCC(CCCCCCCCCCCCCC(=O)OCCc1cccc(Nc2ccc(O)c3c2C(=O)c2ccccc2C3=O)c1)C(CCCCCC)CCCCCCCCCCCCOCCc1cccc(Nc2ccc(O)c3c2C(=O)c2ccccc2C3=O)c1. The van der Waals surface area contributed by atoms with Crippen LogP contribution in [0, 0.1) is 11.8 Å². The van der Waals surface area contributed by atoms with E-state index in [1.165, 1.54) is 198 Å². The zero-order valence-electron chi connectivity index (χ0n) is 57.5. The van der Waals surface area contributed by atoms with E-state index in [0.29, 0.717) is 53.1 Å². The lowest BCUT2D eigenvalue weighted by Crippen LogP contribution is -2.22. The second-order valence-corrected chi connectivity index (χ2v) is 27.1. The molecule has 0 spiro atoms. The molecule has 0 radical (unpaired) electrons. The van der Waals surface area contributed by atoms with Gasteiger partial charge in [-0.2, -0.15) is 0 Å². The number of ketones is 4. The lowest BCUT2D eigenvalue weighted by Gasteiger charge is -2.28. The van der Waals surface area contributed by atoms with E-state index in [4.69, 9.17) is 9.47 Å². The topological polar surface area (TPSA) is 168 Å². The third-order valence-electron chi connectivity index (χ3n) is 19.8. The quantitative estimate of drug-likeness (QED) is 0.0163. The molecule has 2 aliphatic carbocycles. The molecular weight excluding hydrogens is 1180 g/mol. The fourth-order valence-electron chi connectivity index (χ4n) is 14.4. The molecular formula is C84H110N2O9. The number of phenolic OH excluding ortho intramolecular Hbond substituents is 2. The highest BCUT2D eigenvalue weighted by Crippen LogP contribution is 2.41. The molecule has 2 unspecified atom stereocenters. The fourth-order valence-corrected chi connectivity index (χ4v) is 14.4. The van der Waals surface area contributed by atoms with Crippen molar-refractivity contribution in [1.29, 1.82) is 0 Å². The van der Waals surface area contributed by atoms with Gasteiger partial charge in [-0.15, -0.1) is 0 Å². The van der Waals surface area contributed by atoms with Crippen LogP contribution >= 0.6 is 0 Å².